The van der Waals surface area contributed by atoms with Crippen LogP contribution < -0.4 is 0 Å². The summed E-state index contributed by atoms with van der Waals surface area (Å²) >= 11 is 0. The van der Waals surface area contributed by atoms with Crippen LogP contribution in [0.15, 0.2) is 194 Å². The molecule has 9 aromatic carbocycles. The minimum Gasteiger partial charge on any atom is -0.309 e. The van der Waals surface area contributed by atoms with E-state index in [1.54, 1.807) is 0 Å². The molecule has 1 aliphatic rings. The third-order valence-electron chi connectivity index (χ3n) is 11.7. The lowest BCUT2D eigenvalue weighted by atomic mass is 9.91. The van der Waals surface area contributed by atoms with Crippen molar-refractivity contribution in [2.24, 2.45) is 0 Å². The fourth-order valence-electron chi connectivity index (χ4n) is 9.35. The largest absolute Gasteiger partial charge is 0.309 e. The van der Waals surface area contributed by atoms with Gasteiger partial charge in [-0.25, -0.2) is 0 Å². The highest BCUT2D eigenvalue weighted by atomic mass is 15.0. The topological polar surface area (TPSA) is 9.86 Å². The second kappa shape index (κ2) is 11.2. The van der Waals surface area contributed by atoms with Crippen molar-refractivity contribution in [2.45, 2.75) is 0 Å². The second-order valence-corrected chi connectivity index (χ2v) is 14.5. The van der Waals surface area contributed by atoms with Gasteiger partial charge < -0.3 is 9.13 Å². The minimum atomic E-state index is 1.15. The Hall–Kier alpha value is -7.16. The van der Waals surface area contributed by atoms with Gasteiger partial charge in [-0.2, -0.15) is 0 Å². The van der Waals surface area contributed by atoms with E-state index < -0.39 is 0 Å². The molecule has 0 unspecified atom stereocenters. The number of hydrogen-bond acceptors (Lipinski definition) is 0. The van der Waals surface area contributed by atoms with Crippen LogP contribution in [0.5, 0.6) is 0 Å². The smallest absolute Gasteiger partial charge is 0.0626 e. The van der Waals surface area contributed by atoms with Crippen LogP contribution in [0, 0.1) is 0 Å². The molecule has 12 rings (SSSR count). The fraction of sp³-hybridized carbons (Fsp3) is 0. The Morgan fingerprint density at radius 2 is 0.778 bits per heavy atom. The summed E-state index contributed by atoms with van der Waals surface area (Å²) in [4.78, 5) is 0. The minimum absolute atomic E-state index is 1.15. The van der Waals surface area contributed by atoms with Gasteiger partial charge in [-0.05, 0) is 98.2 Å². The van der Waals surface area contributed by atoms with Crippen LogP contribution in [0.2, 0.25) is 0 Å². The molecular formula is C52H32N2. The average Bonchev–Trinajstić information content (AvgIpc) is 3.73. The molecule has 0 atom stereocenters. The number of hydrogen-bond donors (Lipinski definition) is 0. The summed E-state index contributed by atoms with van der Waals surface area (Å²) in [7, 11) is 0. The van der Waals surface area contributed by atoms with Gasteiger partial charge >= 0.3 is 0 Å². The standard InChI is InChI=1S/C52H32N2/c1-2-12-35(13-3-1)45-32-36-14-10-19-43-39-15-4-5-16-40(39)44-20-11-23-48-50(44)51(49(36)43)52(45)54(48)38-30-26-34(27-31-38)33-24-28-37(29-25-33)53-46-21-8-6-17-41(46)42-18-7-9-22-47(42)53/h1-32H. The van der Waals surface area contributed by atoms with Crippen LogP contribution in [0.4, 0.5) is 0 Å². The molecule has 2 heterocycles. The Labute approximate surface area is 312 Å². The maximum atomic E-state index is 2.51. The highest BCUT2D eigenvalue weighted by molar-refractivity contribution is 6.32. The first-order valence-corrected chi connectivity index (χ1v) is 18.7. The Bertz CT molecular complexity index is 3240. The predicted octanol–water partition coefficient (Wildman–Crippen LogP) is 14.0. The molecule has 0 bridgehead atoms. The van der Waals surface area contributed by atoms with E-state index in [1.807, 2.05) is 0 Å². The summed E-state index contributed by atoms with van der Waals surface area (Å²) in [6.07, 6.45) is 0. The van der Waals surface area contributed by atoms with Crippen LogP contribution in [-0.4, -0.2) is 9.13 Å². The molecule has 0 N–H and O–H groups in total. The molecule has 0 spiro atoms. The van der Waals surface area contributed by atoms with Crippen molar-refractivity contribution in [1.82, 2.24) is 9.13 Å². The van der Waals surface area contributed by atoms with Crippen molar-refractivity contribution in [2.75, 3.05) is 0 Å². The van der Waals surface area contributed by atoms with E-state index in [0.717, 1.165) is 11.4 Å². The third-order valence-corrected chi connectivity index (χ3v) is 11.7. The highest BCUT2D eigenvalue weighted by Crippen LogP contribution is 2.51. The summed E-state index contributed by atoms with van der Waals surface area (Å²) in [5.41, 5.74) is 17.3. The first-order valence-electron chi connectivity index (χ1n) is 18.7. The highest BCUT2D eigenvalue weighted by Gasteiger charge is 2.26. The van der Waals surface area contributed by atoms with E-state index >= 15 is 0 Å². The fourth-order valence-corrected chi connectivity index (χ4v) is 9.35. The van der Waals surface area contributed by atoms with Crippen LogP contribution in [0.3, 0.4) is 0 Å². The first kappa shape index (κ1) is 29.4. The van der Waals surface area contributed by atoms with Crippen LogP contribution in [-0.2, 0) is 0 Å². The monoisotopic (exact) mass is 684 g/mol. The van der Waals surface area contributed by atoms with Gasteiger partial charge in [0.1, 0.15) is 0 Å². The number of para-hydroxylation sites is 2. The molecule has 0 radical (unpaired) electrons. The molecule has 2 aromatic heterocycles. The molecule has 0 saturated heterocycles. The van der Waals surface area contributed by atoms with Crippen LogP contribution in [0.1, 0.15) is 0 Å². The lowest BCUT2D eigenvalue weighted by Gasteiger charge is -2.16. The van der Waals surface area contributed by atoms with Crippen molar-refractivity contribution < 1.29 is 0 Å². The van der Waals surface area contributed by atoms with Gasteiger partial charge in [-0.3, -0.25) is 0 Å². The van der Waals surface area contributed by atoms with E-state index in [2.05, 4.69) is 203 Å². The van der Waals surface area contributed by atoms with Gasteiger partial charge in [-0.1, -0.05) is 146 Å². The van der Waals surface area contributed by atoms with E-state index in [4.69, 9.17) is 0 Å². The molecule has 0 aliphatic heterocycles. The van der Waals surface area contributed by atoms with Gasteiger partial charge in [0.15, 0.2) is 0 Å². The van der Waals surface area contributed by atoms with E-state index in [-0.39, 0.29) is 0 Å². The van der Waals surface area contributed by atoms with Crippen LogP contribution >= 0.6 is 0 Å². The molecule has 0 saturated carbocycles. The van der Waals surface area contributed by atoms with Crippen molar-refractivity contribution in [3.05, 3.63) is 194 Å². The first-order chi connectivity index (χ1) is 26.8. The number of rotatable bonds is 4. The van der Waals surface area contributed by atoms with Crippen LogP contribution in [0.25, 0.3) is 110 Å². The molecule has 0 fully saturated rings. The molecule has 250 valence electrons. The molecule has 1 aliphatic carbocycles. The lowest BCUT2D eigenvalue weighted by Crippen LogP contribution is -1.97. The normalized spacial score (nSPS) is 12.1. The van der Waals surface area contributed by atoms with Crippen molar-refractivity contribution in [3.63, 3.8) is 0 Å². The van der Waals surface area contributed by atoms with E-state index in [9.17, 15) is 0 Å². The Morgan fingerprint density at radius 3 is 1.43 bits per heavy atom. The molecule has 54 heavy (non-hydrogen) atoms. The van der Waals surface area contributed by atoms with E-state index in [1.165, 1.54) is 98.9 Å². The lowest BCUT2D eigenvalue weighted by molar-refractivity contribution is 1.18. The third kappa shape index (κ3) is 4.05. The number of aromatic nitrogens is 2. The Morgan fingerprint density at radius 1 is 0.278 bits per heavy atom. The summed E-state index contributed by atoms with van der Waals surface area (Å²) in [6.45, 7) is 0. The number of benzene rings is 9. The molecule has 11 aromatic rings. The van der Waals surface area contributed by atoms with Gasteiger partial charge in [0.25, 0.3) is 0 Å². The van der Waals surface area contributed by atoms with Crippen molar-refractivity contribution in [1.29, 1.82) is 0 Å². The average molecular weight is 685 g/mol. The maximum Gasteiger partial charge on any atom is 0.0626 e. The zero-order chi connectivity index (χ0) is 35.3. The van der Waals surface area contributed by atoms with Gasteiger partial charge in [0, 0.05) is 38.5 Å². The van der Waals surface area contributed by atoms with Crippen molar-refractivity contribution >= 4 is 54.4 Å². The van der Waals surface area contributed by atoms with Gasteiger partial charge in [0.05, 0.1) is 22.1 Å². The maximum absolute atomic E-state index is 2.51. The number of nitrogens with zero attached hydrogens (tertiary/aromatic N) is 2. The molecular weight excluding hydrogens is 653 g/mol. The van der Waals surface area contributed by atoms with E-state index in [0.29, 0.717) is 0 Å². The Kier molecular flexibility index (Phi) is 6.09. The zero-order valence-corrected chi connectivity index (χ0v) is 29.4. The zero-order valence-electron chi connectivity index (χ0n) is 29.4. The van der Waals surface area contributed by atoms with Gasteiger partial charge in [-0.15, -0.1) is 0 Å². The predicted molar refractivity (Wildman–Crippen MR) is 228 cm³/mol. The molecule has 0 amide bonds. The molecule has 2 nitrogen and oxygen atoms in total. The number of fused-ring (bicyclic) bond motifs is 6. The van der Waals surface area contributed by atoms with Gasteiger partial charge in [0.2, 0.25) is 0 Å². The molecule has 2 heteroatoms. The summed E-state index contributed by atoms with van der Waals surface area (Å²) in [5, 5.41) is 7.79. The Balaban J connectivity index is 1.06. The van der Waals surface area contributed by atoms with Crippen molar-refractivity contribution in [3.8, 4) is 55.9 Å². The summed E-state index contributed by atoms with van der Waals surface area (Å²) in [5.74, 6) is 0. The second-order valence-electron chi connectivity index (χ2n) is 14.5. The SMILES string of the molecule is c1ccc(-c2cc3cccc4c3c3c5c(cccc5n(-c5ccc(-c6ccc(-n7c8ccccc8c8ccccc87)cc6)cc5)c23)-c2ccccc2-4)cc1. The summed E-state index contributed by atoms with van der Waals surface area (Å²) in [6, 6.07) is 71.4. The quantitative estimate of drug-likeness (QED) is 0.175. The summed E-state index contributed by atoms with van der Waals surface area (Å²) < 4.78 is 4.89.